The summed E-state index contributed by atoms with van der Waals surface area (Å²) in [7, 11) is 0. The first-order chi connectivity index (χ1) is 6.65. The Bertz CT molecular complexity index is 312. The van der Waals surface area contributed by atoms with Gasteiger partial charge >= 0.3 is 0 Å². The second-order valence-corrected chi connectivity index (χ2v) is 4.74. The van der Waals surface area contributed by atoms with Crippen molar-refractivity contribution in [3.63, 3.8) is 0 Å². The van der Waals surface area contributed by atoms with Gasteiger partial charge in [-0.25, -0.2) is 0 Å². The summed E-state index contributed by atoms with van der Waals surface area (Å²) in [6.45, 7) is 2.83. The van der Waals surface area contributed by atoms with Gasteiger partial charge in [0.15, 0.2) is 0 Å². The molecule has 1 nitrogen and oxygen atoms in total. The Kier molecular flexibility index (Phi) is 4.93. The fourth-order valence-corrected chi connectivity index (χ4v) is 2.29. The van der Waals surface area contributed by atoms with Crippen molar-refractivity contribution in [2.24, 2.45) is 5.73 Å². The SMILES string of the molecule is Cc1c(Cl)cc(Br)cc1CCCCN. The van der Waals surface area contributed by atoms with Gasteiger partial charge in [-0.15, -0.1) is 0 Å². The molecular formula is C11H15BrClN. The third kappa shape index (κ3) is 3.26. The van der Waals surface area contributed by atoms with E-state index >= 15 is 0 Å². The van der Waals surface area contributed by atoms with Gasteiger partial charge in [0.05, 0.1) is 0 Å². The molecule has 2 N–H and O–H groups in total. The predicted molar refractivity (Wildman–Crippen MR) is 65.9 cm³/mol. The number of unbranched alkanes of at least 4 members (excludes halogenated alkanes) is 1. The van der Waals surface area contributed by atoms with Crippen LogP contribution in [0.3, 0.4) is 0 Å². The molecule has 0 spiro atoms. The average Bonchev–Trinajstić information content (AvgIpc) is 2.13. The van der Waals surface area contributed by atoms with E-state index in [1.807, 2.05) is 6.07 Å². The Morgan fingerprint density at radius 2 is 2.07 bits per heavy atom. The second-order valence-electron chi connectivity index (χ2n) is 3.42. The van der Waals surface area contributed by atoms with Crippen LogP contribution in [0.2, 0.25) is 5.02 Å². The molecule has 0 aromatic heterocycles. The van der Waals surface area contributed by atoms with Gasteiger partial charge in [-0.05, 0) is 56.0 Å². The molecule has 0 amide bonds. The van der Waals surface area contributed by atoms with Gasteiger partial charge in [0.25, 0.3) is 0 Å². The minimum absolute atomic E-state index is 0.765. The molecule has 0 saturated carbocycles. The lowest BCUT2D eigenvalue weighted by molar-refractivity contribution is 0.742. The summed E-state index contributed by atoms with van der Waals surface area (Å²) in [5.41, 5.74) is 7.96. The van der Waals surface area contributed by atoms with Crippen LogP contribution in [-0.4, -0.2) is 6.54 Å². The van der Waals surface area contributed by atoms with Crippen molar-refractivity contribution in [3.8, 4) is 0 Å². The van der Waals surface area contributed by atoms with Gasteiger partial charge in [0.1, 0.15) is 0 Å². The van der Waals surface area contributed by atoms with Gasteiger partial charge in [-0.1, -0.05) is 27.5 Å². The molecule has 0 radical (unpaired) electrons. The minimum atomic E-state index is 0.765. The fraction of sp³-hybridized carbons (Fsp3) is 0.455. The van der Waals surface area contributed by atoms with Crippen LogP contribution < -0.4 is 5.73 Å². The first-order valence-corrected chi connectivity index (χ1v) is 5.97. The number of rotatable bonds is 4. The predicted octanol–water partition coefficient (Wildman–Crippen LogP) is 3.69. The summed E-state index contributed by atoms with van der Waals surface area (Å²) in [5, 5.41) is 0.835. The largest absolute Gasteiger partial charge is 0.330 e. The highest BCUT2D eigenvalue weighted by atomic mass is 79.9. The normalized spacial score (nSPS) is 10.6. The number of aryl methyl sites for hydroxylation is 1. The molecule has 78 valence electrons. The van der Waals surface area contributed by atoms with Crippen molar-refractivity contribution in [2.75, 3.05) is 6.54 Å². The van der Waals surface area contributed by atoms with Crippen molar-refractivity contribution >= 4 is 27.5 Å². The number of benzene rings is 1. The lowest BCUT2D eigenvalue weighted by Gasteiger charge is -2.08. The standard InChI is InChI=1S/C11H15BrClN/c1-8-9(4-2-3-5-14)6-10(12)7-11(8)13/h6-7H,2-5,14H2,1H3. The summed E-state index contributed by atoms with van der Waals surface area (Å²) in [6.07, 6.45) is 3.26. The van der Waals surface area contributed by atoms with E-state index in [9.17, 15) is 0 Å². The quantitative estimate of drug-likeness (QED) is 0.834. The molecule has 0 aliphatic carbocycles. The molecule has 0 unspecified atom stereocenters. The van der Waals surface area contributed by atoms with Crippen LogP contribution in [0, 0.1) is 6.92 Å². The summed E-state index contributed by atoms with van der Waals surface area (Å²) in [4.78, 5) is 0. The third-order valence-corrected chi connectivity index (χ3v) is 3.17. The zero-order chi connectivity index (χ0) is 10.6. The maximum Gasteiger partial charge on any atom is 0.0449 e. The molecule has 1 aromatic rings. The van der Waals surface area contributed by atoms with Crippen LogP contribution in [0.1, 0.15) is 24.0 Å². The zero-order valence-electron chi connectivity index (χ0n) is 8.32. The Hall–Kier alpha value is -0.0500. The molecule has 0 fully saturated rings. The summed E-state index contributed by atoms with van der Waals surface area (Å²) < 4.78 is 1.05. The Morgan fingerprint density at radius 3 is 2.71 bits per heavy atom. The summed E-state index contributed by atoms with van der Waals surface area (Å²) in [6, 6.07) is 4.07. The second kappa shape index (κ2) is 5.74. The lowest BCUT2D eigenvalue weighted by Crippen LogP contribution is -1.99. The number of halogens is 2. The Balaban J connectivity index is 2.75. The highest BCUT2D eigenvalue weighted by molar-refractivity contribution is 9.10. The van der Waals surface area contributed by atoms with E-state index in [4.69, 9.17) is 17.3 Å². The molecule has 0 aliphatic heterocycles. The highest BCUT2D eigenvalue weighted by Crippen LogP contribution is 2.25. The maximum absolute atomic E-state index is 6.08. The van der Waals surface area contributed by atoms with E-state index < -0.39 is 0 Å². The maximum atomic E-state index is 6.08. The number of hydrogen-bond acceptors (Lipinski definition) is 1. The van der Waals surface area contributed by atoms with E-state index in [2.05, 4.69) is 28.9 Å². The van der Waals surface area contributed by atoms with E-state index in [1.165, 1.54) is 11.1 Å². The van der Waals surface area contributed by atoms with Crippen molar-refractivity contribution in [1.82, 2.24) is 0 Å². The molecule has 1 aromatic carbocycles. The van der Waals surface area contributed by atoms with Crippen LogP contribution in [0.15, 0.2) is 16.6 Å². The van der Waals surface area contributed by atoms with Crippen molar-refractivity contribution in [1.29, 1.82) is 0 Å². The van der Waals surface area contributed by atoms with Crippen LogP contribution >= 0.6 is 27.5 Å². The molecule has 0 saturated heterocycles. The van der Waals surface area contributed by atoms with Crippen LogP contribution in [0.4, 0.5) is 0 Å². The number of hydrogen-bond donors (Lipinski definition) is 1. The minimum Gasteiger partial charge on any atom is -0.330 e. The first-order valence-electron chi connectivity index (χ1n) is 4.79. The van der Waals surface area contributed by atoms with Gasteiger partial charge < -0.3 is 5.73 Å². The summed E-state index contributed by atoms with van der Waals surface area (Å²) in [5.74, 6) is 0. The van der Waals surface area contributed by atoms with Crippen molar-refractivity contribution < 1.29 is 0 Å². The van der Waals surface area contributed by atoms with Gasteiger partial charge in [0.2, 0.25) is 0 Å². The van der Waals surface area contributed by atoms with Crippen LogP contribution in [0.25, 0.3) is 0 Å². The zero-order valence-corrected chi connectivity index (χ0v) is 10.7. The molecular weight excluding hydrogens is 261 g/mol. The first kappa shape index (κ1) is 12.0. The van der Waals surface area contributed by atoms with Gasteiger partial charge in [0, 0.05) is 9.50 Å². The molecule has 0 atom stereocenters. The van der Waals surface area contributed by atoms with Crippen molar-refractivity contribution in [2.45, 2.75) is 26.2 Å². The van der Waals surface area contributed by atoms with E-state index in [1.54, 1.807) is 0 Å². The molecule has 0 heterocycles. The van der Waals surface area contributed by atoms with Gasteiger partial charge in [-0.2, -0.15) is 0 Å². The van der Waals surface area contributed by atoms with E-state index in [-0.39, 0.29) is 0 Å². The molecule has 14 heavy (non-hydrogen) atoms. The number of nitrogens with two attached hydrogens (primary N) is 1. The van der Waals surface area contributed by atoms with Gasteiger partial charge in [-0.3, -0.25) is 0 Å². The molecule has 0 bridgehead atoms. The highest BCUT2D eigenvalue weighted by Gasteiger charge is 2.04. The topological polar surface area (TPSA) is 26.0 Å². The fourth-order valence-electron chi connectivity index (χ4n) is 1.42. The lowest BCUT2D eigenvalue weighted by atomic mass is 10.0. The molecule has 3 heteroatoms. The molecule has 0 aliphatic rings. The van der Waals surface area contributed by atoms with E-state index in [0.29, 0.717) is 0 Å². The third-order valence-electron chi connectivity index (χ3n) is 2.32. The Morgan fingerprint density at radius 1 is 1.36 bits per heavy atom. The van der Waals surface area contributed by atoms with Crippen LogP contribution in [-0.2, 0) is 6.42 Å². The van der Waals surface area contributed by atoms with Crippen molar-refractivity contribution in [3.05, 3.63) is 32.8 Å². The monoisotopic (exact) mass is 275 g/mol. The van der Waals surface area contributed by atoms with E-state index in [0.717, 1.165) is 35.3 Å². The molecule has 1 rings (SSSR count). The summed E-state index contributed by atoms with van der Waals surface area (Å²) >= 11 is 9.52. The average molecular weight is 277 g/mol. The Labute approximate surface area is 98.8 Å². The smallest absolute Gasteiger partial charge is 0.0449 e. The van der Waals surface area contributed by atoms with Crippen LogP contribution in [0.5, 0.6) is 0 Å².